The molecule has 1 amide bonds. The molecule has 0 N–H and O–H groups in total. The Labute approximate surface area is 180 Å². The van der Waals surface area contributed by atoms with E-state index >= 15 is 0 Å². The number of benzene rings is 2. The molecule has 1 saturated heterocycles. The number of carbonyl (C=O) groups is 1. The van der Waals surface area contributed by atoms with E-state index in [0.29, 0.717) is 24.6 Å². The number of rotatable bonds is 6. The first-order valence-electron chi connectivity index (χ1n) is 10.3. The third kappa shape index (κ3) is 5.96. The van der Waals surface area contributed by atoms with Gasteiger partial charge in [0.2, 0.25) is 0 Å². The molecule has 2 aromatic rings. The molecule has 2 aromatic carbocycles. The Morgan fingerprint density at radius 2 is 1.93 bits per heavy atom. The zero-order valence-corrected chi connectivity index (χ0v) is 18.4. The first kappa shape index (κ1) is 23.2. The number of ether oxygens (including phenoxy) is 1. The number of hydrazone groups is 1. The molecule has 30 heavy (non-hydrogen) atoms. The second-order valence-electron chi connectivity index (χ2n) is 7.57. The van der Waals surface area contributed by atoms with Gasteiger partial charge in [0.05, 0.1) is 17.9 Å². The molecule has 5 nitrogen and oxygen atoms in total. The predicted molar refractivity (Wildman–Crippen MR) is 126 cm³/mol. The third-order valence-corrected chi connectivity index (χ3v) is 5.22. The van der Waals surface area contributed by atoms with E-state index in [9.17, 15) is 4.79 Å². The fourth-order valence-electron chi connectivity index (χ4n) is 3.65. The molecule has 3 rings (SSSR count). The summed E-state index contributed by atoms with van der Waals surface area (Å²) < 4.78 is 5.99. The van der Waals surface area contributed by atoms with Gasteiger partial charge in [-0.3, -0.25) is 9.80 Å². The van der Waals surface area contributed by atoms with Crippen molar-refractivity contribution in [3.63, 3.8) is 0 Å². The largest absolute Gasteiger partial charge is 0.493 e. The highest BCUT2D eigenvalue weighted by molar-refractivity contribution is 6.00. The molecule has 0 radical (unpaired) electrons. The van der Waals surface area contributed by atoms with Crippen molar-refractivity contribution >= 4 is 18.3 Å². The van der Waals surface area contributed by atoms with E-state index in [-0.39, 0.29) is 5.91 Å². The molecule has 0 aromatic heterocycles. The number of nitrogens with zero attached hydrogens (tertiary/aromatic N) is 3. The van der Waals surface area contributed by atoms with Gasteiger partial charge in [-0.05, 0) is 56.5 Å². The summed E-state index contributed by atoms with van der Waals surface area (Å²) in [6, 6.07) is 13.9. The summed E-state index contributed by atoms with van der Waals surface area (Å²) in [6.07, 6.45) is 2.06. The maximum Gasteiger partial charge on any atom is 0.256 e. The first-order chi connectivity index (χ1) is 14.5. The Balaban J connectivity index is 0.00000155. The van der Waals surface area contributed by atoms with E-state index in [2.05, 4.69) is 38.0 Å². The summed E-state index contributed by atoms with van der Waals surface area (Å²) in [5.41, 5.74) is 3.70. The highest BCUT2D eigenvalue weighted by Gasteiger charge is 2.27. The third-order valence-electron chi connectivity index (χ3n) is 5.22. The smallest absolute Gasteiger partial charge is 0.256 e. The van der Waals surface area contributed by atoms with Crippen LogP contribution in [-0.2, 0) is 0 Å². The molecule has 0 aliphatic carbocycles. The molecule has 0 saturated carbocycles. The van der Waals surface area contributed by atoms with Crippen LogP contribution in [0.15, 0.2) is 60.7 Å². The summed E-state index contributed by atoms with van der Waals surface area (Å²) >= 11 is 0. The first-order valence-corrected chi connectivity index (χ1v) is 10.3. The van der Waals surface area contributed by atoms with Crippen molar-refractivity contribution in [3.8, 4) is 5.75 Å². The van der Waals surface area contributed by atoms with Gasteiger partial charge in [0.1, 0.15) is 5.75 Å². The van der Waals surface area contributed by atoms with Gasteiger partial charge in [-0.2, -0.15) is 5.10 Å². The summed E-state index contributed by atoms with van der Waals surface area (Å²) in [5.74, 6) is 1.28. The minimum atomic E-state index is 0.0504. The van der Waals surface area contributed by atoms with Crippen LogP contribution in [0.4, 0.5) is 5.69 Å². The number of piperidine rings is 1. The van der Waals surface area contributed by atoms with Crippen LogP contribution in [0, 0.1) is 19.8 Å². The van der Waals surface area contributed by atoms with Crippen molar-refractivity contribution in [3.05, 3.63) is 72.3 Å². The standard InChI is InChI=1S/C23H29N3O2.C2H4/c1-17-7-5-9-20(13-17)28-16-19-8-6-12-26(15-19)23(27)21-14-18(2)10-11-22(21)25(4)24-3;1-2/h5,7,9-11,13-14,19H,3,6,8,12,15-16H2,1-2,4H3;1-2H2. The molecule has 160 valence electrons. The van der Waals surface area contributed by atoms with E-state index in [0.717, 1.165) is 36.4 Å². The van der Waals surface area contributed by atoms with Gasteiger partial charge in [0.25, 0.3) is 5.91 Å². The Hall–Kier alpha value is -3.08. The summed E-state index contributed by atoms with van der Waals surface area (Å²) in [4.78, 5) is 15.2. The minimum absolute atomic E-state index is 0.0504. The van der Waals surface area contributed by atoms with Crippen LogP contribution in [0.5, 0.6) is 5.75 Å². The minimum Gasteiger partial charge on any atom is -0.493 e. The fourth-order valence-corrected chi connectivity index (χ4v) is 3.65. The molecule has 1 aliphatic rings. The molecular formula is C25H33N3O2. The van der Waals surface area contributed by atoms with E-state index < -0.39 is 0 Å². The Morgan fingerprint density at radius 3 is 2.63 bits per heavy atom. The number of anilines is 1. The van der Waals surface area contributed by atoms with Crippen LogP contribution >= 0.6 is 0 Å². The van der Waals surface area contributed by atoms with E-state index in [1.165, 1.54) is 5.56 Å². The number of hydrogen-bond acceptors (Lipinski definition) is 4. The highest BCUT2D eigenvalue weighted by atomic mass is 16.5. The lowest BCUT2D eigenvalue weighted by atomic mass is 9.97. The summed E-state index contributed by atoms with van der Waals surface area (Å²) in [5, 5.41) is 5.60. The number of aryl methyl sites for hydroxylation is 2. The molecule has 1 fully saturated rings. The Bertz CT molecular complexity index is 865. The van der Waals surface area contributed by atoms with Gasteiger partial charge in [-0.15, -0.1) is 13.2 Å². The average Bonchev–Trinajstić information content (AvgIpc) is 2.78. The Morgan fingerprint density at radius 1 is 1.20 bits per heavy atom. The monoisotopic (exact) mass is 407 g/mol. The van der Waals surface area contributed by atoms with Crippen LogP contribution in [0.25, 0.3) is 0 Å². The van der Waals surface area contributed by atoms with Crippen molar-refractivity contribution < 1.29 is 9.53 Å². The van der Waals surface area contributed by atoms with Gasteiger partial charge in [0.15, 0.2) is 0 Å². The topological polar surface area (TPSA) is 45.1 Å². The molecule has 1 atom stereocenters. The highest BCUT2D eigenvalue weighted by Crippen LogP contribution is 2.26. The van der Waals surface area contributed by atoms with Crippen molar-refractivity contribution in [2.24, 2.45) is 11.0 Å². The molecule has 1 heterocycles. The Kier molecular flexibility index (Phi) is 8.66. The van der Waals surface area contributed by atoms with Crippen LogP contribution in [-0.4, -0.2) is 44.3 Å². The SMILES string of the molecule is C=C.C=NN(C)c1ccc(C)cc1C(=O)N1CCCC(COc2cccc(C)c2)C1. The molecule has 5 heteroatoms. The molecule has 1 aliphatic heterocycles. The molecule has 1 unspecified atom stereocenters. The van der Waals surface area contributed by atoms with Crippen LogP contribution < -0.4 is 9.75 Å². The average molecular weight is 408 g/mol. The van der Waals surface area contributed by atoms with Crippen molar-refractivity contribution in [1.82, 2.24) is 4.90 Å². The lowest BCUT2D eigenvalue weighted by Crippen LogP contribution is -2.42. The van der Waals surface area contributed by atoms with Gasteiger partial charge >= 0.3 is 0 Å². The van der Waals surface area contributed by atoms with Gasteiger partial charge in [-0.1, -0.05) is 23.8 Å². The zero-order valence-electron chi connectivity index (χ0n) is 18.4. The number of hydrogen-bond donors (Lipinski definition) is 0. The molecule has 0 bridgehead atoms. The van der Waals surface area contributed by atoms with Crippen LogP contribution in [0.2, 0.25) is 0 Å². The second-order valence-corrected chi connectivity index (χ2v) is 7.57. The van der Waals surface area contributed by atoms with Crippen LogP contribution in [0.1, 0.15) is 34.3 Å². The van der Waals surface area contributed by atoms with E-state index in [1.807, 2.05) is 55.3 Å². The van der Waals surface area contributed by atoms with E-state index in [4.69, 9.17) is 4.74 Å². The lowest BCUT2D eigenvalue weighted by molar-refractivity contribution is 0.0634. The molecule has 0 spiro atoms. The second kappa shape index (κ2) is 11.2. The van der Waals surface area contributed by atoms with Gasteiger partial charge < -0.3 is 9.64 Å². The van der Waals surface area contributed by atoms with Crippen molar-refractivity contribution in [2.45, 2.75) is 26.7 Å². The van der Waals surface area contributed by atoms with E-state index in [1.54, 1.807) is 5.01 Å². The van der Waals surface area contributed by atoms with Crippen LogP contribution in [0.3, 0.4) is 0 Å². The van der Waals surface area contributed by atoms with Crippen molar-refractivity contribution in [2.75, 3.05) is 31.8 Å². The quantitative estimate of drug-likeness (QED) is 0.381. The summed E-state index contributed by atoms with van der Waals surface area (Å²) in [6.45, 7) is 15.7. The maximum atomic E-state index is 13.3. The number of likely N-dealkylation sites (tertiary alicyclic amines) is 1. The van der Waals surface area contributed by atoms with Gasteiger partial charge in [0, 0.05) is 32.8 Å². The van der Waals surface area contributed by atoms with Crippen molar-refractivity contribution in [1.29, 1.82) is 0 Å². The van der Waals surface area contributed by atoms with Gasteiger partial charge in [-0.25, -0.2) is 0 Å². The zero-order chi connectivity index (χ0) is 22.1. The lowest BCUT2D eigenvalue weighted by Gasteiger charge is -2.33. The fraction of sp³-hybridized carbons (Fsp3) is 0.360. The molecular weight excluding hydrogens is 374 g/mol. The number of amides is 1. The maximum absolute atomic E-state index is 13.3. The normalized spacial score (nSPS) is 15.6. The number of carbonyl (C=O) groups excluding carboxylic acids is 1. The predicted octanol–water partition coefficient (Wildman–Crippen LogP) is 5.09. The summed E-state index contributed by atoms with van der Waals surface area (Å²) in [7, 11) is 1.81.